The molecular weight excluding hydrogens is 461 g/mol. The average Bonchev–Trinajstić information content (AvgIpc) is 3.16. The van der Waals surface area contributed by atoms with E-state index < -0.39 is 0 Å². The Morgan fingerprint density at radius 1 is 1.42 bits per heavy atom. The number of nitrogens with zero attached hydrogens (tertiary/aromatic N) is 3. The number of aromatic nitrogens is 2. The smallest absolute Gasteiger partial charge is 0.193 e. The van der Waals surface area contributed by atoms with Crippen LogP contribution in [0.4, 0.5) is 0 Å². The van der Waals surface area contributed by atoms with Gasteiger partial charge in [-0.2, -0.15) is 0 Å². The van der Waals surface area contributed by atoms with Gasteiger partial charge in [-0.1, -0.05) is 20.8 Å². The average molecular weight is 491 g/mol. The molecule has 8 heteroatoms. The number of rotatable bonds is 4. The van der Waals surface area contributed by atoms with Crippen molar-refractivity contribution >= 4 is 46.2 Å². The van der Waals surface area contributed by atoms with E-state index in [4.69, 9.17) is 4.74 Å². The van der Waals surface area contributed by atoms with Crippen LogP contribution in [0.2, 0.25) is 0 Å². The van der Waals surface area contributed by atoms with E-state index >= 15 is 0 Å². The summed E-state index contributed by atoms with van der Waals surface area (Å²) in [6.07, 6.45) is 6.70. The number of guanidine groups is 1. The fourth-order valence-corrected chi connectivity index (χ4v) is 4.21. The van der Waals surface area contributed by atoms with E-state index in [0.29, 0.717) is 12.5 Å². The maximum atomic E-state index is 6.06. The van der Waals surface area contributed by atoms with Crippen LogP contribution in [-0.2, 0) is 11.3 Å². The number of hydrogen-bond donors (Lipinski definition) is 2. The molecule has 26 heavy (non-hydrogen) atoms. The van der Waals surface area contributed by atoms with Crippen LogP contribution in [0.1, 0.15) is 39.3 Å². The minimum absolute atomic E-state index is 0. The van der Waals surface area contributed by atoms with Crippen molar-refractivity contribution in [1.29, 1.82) is 0 Å². The third-order valence-corrected chi connectivity index (χ3v) is 5.40. The fraction of sp³-hybridized carbons (Fsp3) is 0.667. The number of ether oxygens (including phenoxy) is 1. The minimum Gasteiger partial charge on any atom is -0.377 e. The second-order valence-electron chi connectivity index (χ2n) is 7.69. The highest BCUT2D eigenvalue weighted by Gasteiger charge is 2.35. The lowest BCUT2D eigenvalue weighted by Crippen LogP contribution is -2.47. The summed E-state index contributed by atoms with van der Waals surface area (Å²) in [4.78, 5) is 9.95. The molecule has 0 radical (unpaired) electrons. The van der Waals surface area contributed by atoms with E-state index in [0.717, 1.165) is 36.2 Å². The van der Waals surface area contributed by atoms with E-state index in [1.807, 2.05) is 16.0 Å². The predicted octanol–water partition coefficient (Wildman–Crippen LogP) is 3.52. The van der Waals surface area contributed by atoms with E-state index in [-0.39, 0.29) is 35.5 Å². The standard InChI is InChI=1S/C18H29N5OS.HI/c1-18(2,3)15-13(6-5-8-24-15)10-20-16(19-4)21-11-14-12-23-7-9-25-17(23)22-14;/h7,9,12-13,15H,5-6,8,10-11H2,1-4H3,(H2,19,20,21);1H. The molecule has 1 saturated heterocycles. The lowest BCUT2D eigenvalue weighted by atomic mass is 9.78. The number of hydrogen-bond acceptors (Lipinski definition) is 4. The van der Waals surface area contributed by atoms with Crippen LogP contribution in [0.15, 0.2) is 22.8 Å². The van der Waals surface area contributed by atoms with Crippen LogP contribution in [-0.4, -0.2) is 41.6 Å². The molecule has 0 aromatic carbocycles. The SMILES string of the molecule is CN=C(NCc1cn2ccsc2n1)NCC1CCCOC1C(C)(C)C.I. The Bertz CT molecular complexity index is 692. The maximum Gasteiger partial charge on any atom is 0.193 e. The Morgan fingerprint density at radius 2 is 2.23 bits per heavy atom. The van der Waals surface area contributed by atoms with Crippen molar-refractivity contribution in [3.8, 4) is 0 Å². The van der Waals surface area contributed by atoms with Gasteiger partial charge in [0, 0.05) is 43.9 Å². The predicted molar refractivity (Wildman–Crippen MR) is 119 cm³/mol. The van der Waals surface area contributed by atoms with Gasteiger partial charge in [0.2, 0.25) is 0 Å². The van der Waals surface area contributed by atoms with Crippen molar-refractivity contribution in [2.24, 2.45) is 16.3 Å². The highest BCUT2D eigenvalue weighted by atomic mass is 127. The van der Waals surface area contributed by atoms with Crippen molar-refractivity contribution in [3.05, 3.63) is 23.5 Å². The summed E-state index contributed by atoms with van der Waals surface area (Å²) in [7, 11) is 1.81. The normalized spacial score (nSPS) is 21.5. The van der Waals surface area contributed by atoms with Crippen LogP contribution in [0.3, 0.4) is 0 Å². The largest absolute Gasteiger partial charge is 0.377 e. The molecule has 2 aromatic heterocycles. The minimum atomic E-state index is 0. The summed E-state index contributed by atoms with van der Waals surface area (Å²) < 4.78 is 8.11. The third kappa shape index (κ3) is 5.32. The number of aliphatic imine (C=N–C) groups is 1. The van der Waals surface area contributed by atoms with Gasteiger partial charge in [-0.15, -0.1) is 35.3 Å². The first kappa shape index (κ1) is 21.4. The highest BCUT2D eigenvalue weighted by Crippen LogP contribution is 2.33. The summed E-state index contributed by atoms with van der Waals surface area (Å²) in [5.41, 5.74) is 1.18. The summed E-state index contributed by atoms with van der Waals surface area (Å²) in [5, 5.41) is 8.86. The van der Waals surface area contributed by atoms with E-state index in [2.05, 4.69) is 47.6 Å². The second kappa shape index (κ2) is 9.36. The molecule has 1 fully saturated rings. The molecule has 6 nitrogen and oxygen atoms in total. The van der Waals surface area contributed by atoms with E-state index in [1.54, 1.807) is 18.4 Å². The van der Waals surface area contributed by atoms with Gasteiger partial charge in [0.25, 0.3) is 0 Å². The van der Waals surface area contributed by atoms with Crippen molar-refractivity contribution < 1.29 is 4.74 Å². The van der Waals surface area contributed by atoms with Crippen molar-refractivity contribution in [1.82, 2.24) is 20.0 Å². The zero-order chi connectivity index (χ0) is 17.9. The molecule has 1 aliphatic heterocycles. The first-order chi connectivity index (χ1) is 12.0. The first-order valence-corrected chi connectivity index (χ1v) is 9.82. The van der Waals surface area contributed by atoms with E-state index in [1.165, 1.54) is 6.42 Å². The molecule has 3 rings (SSSR count). The number of fused-ring (bicyclic) bond motifs is 1. The molecule has 0 saturated carbocycles. The van der Waals surface area contributed by atoms with Crippen molar-refractivity contribution in [3.63, 3.8) is 0 Å². The number of halogens is 1. The van der Waals surface area contributed by atoms with Gasteiger partial charge < -0.3 is 15.4 Å². The van der Waals surface area contributed by atoms with Gasteiger partial charge in [0.05, 0.1) is 18.3 Å². The lowest BCUT2D eigenvalue weighted by Gasteiger charge is -2.40. The highest BCUT2D eigenvalue weighted by molar-refractivity contribution is 14.0. The third-order valence-electron chi connectivity index (χ3n) is 4.63. The van der Waals surface area contributed by atoms with E-state index in [9.17, 15) is 0 Å². The molecule has 0 amide bonds. The van der Waals surface area contributed by atoms with Crippen LogP contribution < -0.4 is 10.6 Å². The molecule has 2 atom stereocenters. The number of nitrogens with one attached hydrogen (secondary N) is 2. The Balaban J connectivity index is 0.00000243. The zero-order valence-corrected chi connectivity index (χ0v) is 19.1. The van der Waals surface area contributed by atoms with Crippen LogP contribution in [0.25, 0.3) is 4.96 Å². The van der Waals surface area contributed by atoms with Crippen molar-refractivity contribution in [2.45, 2.75) is 46.3 Å². The Hall–Kier alpha value is -0.870. The molecule has 146 valence electrons. The molecule has 2 N–H and O–H groups in total. The topological polar surface area (TPSA) is 63.0 Å². The van der Waals surface area contributed by atoms with Gasteiger partial charge in [-0.25, -0.2) is 4.98 Å². The molecule has 2 unspecified atom stereocenters. The second-order valence-corrected chi connectivity index (χ2v) is 8.56. The van der Waals surface area contributed by atoms with Gasteiger partial charge in [-0.3, -0.25) is 9.39 Å². The Labute approximate surface area is 176 Å². The number of imidazole rings is 1. The molecule has 3 heterocycles. The summed E-state index contributed by atoms with van der Waals surface area (Å²) in [5.74, 6) is 1.32. The maximum absolute atomic E-state index is 6.06. The zero-order valence-electron chi connectivity index (χ0n) is 16.0. The van der Waals surface area contributed by atoms with Gasteiger partial charge >= 0.3 is 0 Å². The molecule has 0 aliphatic carbocycles. The van der Waals surface area contributed by atoms with Gasteiger partial charge in [0.15, 0.2) is 10.9 Å². The number of thiazole rings is 1. The fourth-order valence-electron chi connectivity index (χ4n) is 3.49. The van der Waals surface area contributed by atoms with Crippen LogP contribution in [0.5, 0.6) is 0 Å². The van der Waals surface area contributed by atoms with Gasteiger partial charge in [0.1, 0.15) is 0 Å². The molecule has 0 spiro atoms. The van der Waals surface area contributed by atoms with Crippen LogP contribution in [0, 0.1) is 11.3 Å². The monoisotopic (exact) mass is 491 g/mol. The molecule has 1 aliphatic rings. The quantitative estimate of drug-likeness (QED) is 0.391. The Kier molecular flexibility index (Phi) is 7.72. The molecule has 0 bridgehead atoms. The summed E-state index contributed by atoms with van der Waals surface area (Å²) >= 11 is 1.64. The molecular formula is C18H30IN5OS. The Morgan fingerprint density at radius 3 is 2.92 bits per heavy atom. The van der Waals surface area contributed by atoms with Gasteiger partial charge in [-0.05, 0) is 18.3 Å². The van der Waals surface area contributed by atoms with Crippen molar-refractivity contribution in [2.75, 3.05) is 20.2 Å². The summed E-state index contributed by atoms with van der Waals surface area (Å²) in [6.45, 7) is 9.19. The molecule has 2 aromatic rings. The van der Waals surface area contributed by atoms with Crippen LogP contribution >= 0.6 is 35.3 Å². The first-order valence-electron chi connectivity index (χ1n) is 8.94. The summed E-state index contributed by atoms with van der Waals surface area (Å²) in [6, 6.07) is 0. The lowest BCUT2D eigenvalue weighted by molar-refractivity contribution is -0.0835.